The second kappa shape index (κ2) is 9.71. The number of carbonyl (C=O) groups excluding carboxylic acids is 1. The summed E-state index contributed by atoms with van der Waals surface area (Å²) in [4.78, 5) is 15.0. The minimum absolute atomic E-state index is 0.282. The molecule has 11 heteroatoms. The molecule has 3 heterocycles. The van der Waals surface area contributed by atoms with Gasteiger partial charge in [-0.3, -0.25) is 9.80 Å². The van der Waals surface area contributed by atoms with Crippen LogP contribution < -0.4 is 0 Å². The monoisotopic (exact) mass is 533 g/mol. The van der Waals surface area contributed by atoms with Crippen LogP contribution in [0.5, 0.6) is 0 Å². The number of alkyl halides is 3. The van der Waals surface area contributed by atoms with Crippen molar-refractivity contribution in [2.24, 2.45) is 0 Å². The van der Waals surface area contributed by atoms with Crippen molar-refractivity contribution in [2.45, 2.75) is 48.5 Å². The largest absolute Gasteiger partial charge is 0.507 e. The first-order valence-electron chi connectivity index (χ1n) is 11.7. The molecule has 0 spiro atoms. The first kappa shape index (κ1) is 25.7. The second-order valence-corrected chi connectivity index (χ2v) is 10.1. The molecule has 2 N–H and O–H groups in total. The van der Waals surface area contributed by atoms with E-state index in [1.807, 2.05) is 42.5 Å². The topological polar surface area (TPSA) is 76.5 Å². The fourth-order valence-electron chi connectivity index (χ4n) is 5.00. The van der Waals surface area contributed by atoms with Crippen LogP contribution in [0.3, 0.4) is 0 Å². The highest BCUT2D eigenvalue weighted by Gasteiger charge is 2.50. The lowest BCUT2D eigenvalue weighted by molar-refractivity contribution is -0.204. The smallest absolute Gasteiger partial charge is 0.408 e. The van der Waals surface area contributed by atoms with Crippen LogP contribution >= 0.6 is 11.8 Å². The molecule has 0 bridgehead atoms. The summed E-state index contributed by atoms with van der Waals surface area (Å²) in [6.45, 7) is 0.797. The van der Waals surface area contributed by atoms with E-state index in [4.69, 9.17) is 4.74 Å². The lowest BCUT2D eigenvalue weighted by atomic mass is 9.90. The minimum atomic E-state index is -4.70. The zero-order valence-electron chi connectivity index (χ0n) is 20.1. The van der Waals surface area contributed by atoms with Crippen molar-refractivity contribution in [3.63, 3.8) is 0 Å². The van der Waals surface area contributed by atoms with E-state index in [9.17, 15) is 28.2 Å². The standard InChI is InChI=1S/C26H26F3N3O4S/c1-15(26(27,28)29)30-14-32(31-11-10-19(33)24(34)23(31)25(30)35)22-18-8-3-4-9-20(18)37-13-17-7-5-6-16(12-36-2)21(17)22/h3-11,15,19,22,33-34H,12-14H2,1-2H3/t15-,19?,22+/m1/s1. The molecule has 1 amide bonds. The molecule has 0 aliphatic carbocycles. The summed E-state index contributed by atoms with van der Waals surface area (Å²) in [5.41, 5.74) is 3.17. The number of halogens is 3. The highest BCUT2D eigenvalue weighted by molar-refractivity contribution is 7.98. The Balaban J connectivity index is 1.75. The van der Waals surface area contributed by atoms with Gasteiger partial charge in [0.05, 0.1) is 19.3 Å². The third-order valence-corrected chi connectivity index (χ3v) is 8.03. The van der Waals surface area contributed by atoms with Gasteiger partial charge in [0.15, 0.2) is 11.5 Å². The van der Waals surface area contributed by atoms with Gasteiger partial charge in [0.2, 0.25) is 0 Å². The molecule has 2 aromatic rings. The number of aliphatic hydroxyl groups is 2. The summed E-state index contributed by atoms with van der Waals surface area (Å²) in [6.07, 6.45) is -3.49. The number of aliphatic hydroxyl groups excluding tert-OH is 2. The Bertz CT molecular complexity index is 1280. The normalized spacial score (nSPS) is 22.9. The summed E-state index contributed by atoms with van der Waals surface area (Å²) in [5, 5.41) is 24.0. The van der Waals surface area contributed by atoms with Gasteiger partial charge in [-0.2, -0.15) is 18.2 Å². The van der Waals surface area contributed by atoms with Crippen LogP contribution in [-0.2, 0) is 21.9 Å². The van der Waals surface area contributed by atoms with Gasteiger partial charge in [0, 0.05) is 24.0 Å². The predicted octanol–water partition coefficient (Wildman–Crippen LogP) is 4.46. The van der Waals surface area contributed by atoms with Crippen LogP contribution in [0.25, 0.3) is 0 Å². The number of methoxy groups -OCH3 is 1. The highest BCUT2D eigenvalue weighted by Crippen LogP contribution is 2.46. The Hall–Kier alpha value is -2.99. The van der Waals surface area contributed by atoms with Crippen molar-refractivity contribution in [2.75, 3.05) is 13.8 Å². The molecule has 0 saturated carbocycles. The molecular formula is C26H26F3N3O4S. The zero-order chi connectivity index (χ0) is 26.5. The number of hydrazine groups is 1. The van der Waals surface area contributed by atoms with Crippen LogP contribution in [0.15, 0.2) is 71.1 Å². The highest BCUT2D eigenvalue weighted by atomic mass is 32.2. The van der Waals surface area contributed by atoms with Crippen molar-refractivity contribution in [3.05, 3.63) is 88.5 Å². The first-order valence-corrected chi connectivity index (χ1v) is 12.7. The van der Waals surface area contributed by atoms with E-state index in [0.29, 0.717) is 10.7 Å². The molecule has 0 radical (unpaired) electrons. The summed E-state index contributed by atoms with van der Waals surface area (Å²) in [6, 6.07) is 10.7. The molecule has 196 valence electrons. The van der Waals surface area contributed by atoms with E-state index in [2.05, 4.69) is 0 Å². The Kier molecular flexibility index (Phi) is 6.73. The van der Waals surface area contributed by atoms with Crippen LogP contribution in [0.1, 0.15) is 35.2 Å². The Labute approximate surface area is 216 Å². The number of hydrogen-bond acceptors (Lipinski definition) is 7. The fourth-order valence-corrected chi connectivity index (χ4v) is 6.08. The minimum Gasteiger partial charge on any atom is -0.507 e. The average Bonchev–Trinajstić information content (AvgIpc) is 3.03. The predicted molar refractivity (Wildman–Crippen MR) is 131 cm³/mol. The third-order valence-electron chi connectivity index (χ3n) is 6.89. The number of amides is 1. The number of rotatable bonds is 4. The summed E-state index contributed by atoms with van der Waals surface area (Å²) < 4.78 is 47.2. The molecule has 3 aliphatic heterocycles. The first-order chi connectivity index (χ1) is 17.6. The Morgan fingerprint density at radius 1 is 1.19 bits per heavy atom. The summed E-state index contributed by atoms with van der Waals surface area (Å²) in [5.74, 6) is -1.07. The van der Waals surface area contributed by atoms with Crippen LogP contribution in [0, 0.1) is 0 Å². The Morgan fingerprint density at radius 2 is 1.95 bits per heavy atom. The van der Waals surface area contributed by atoms with Gasteiger partial charge < -0.3 is 19.8 Å². The SMILES string of the molecule is COCc1cccc2c1[C@@H](N1CN([C@H](C)C(F)(F)F)C(=O)C3=C(O)C(O)C=CN31)c1ccccc1SC2. The fraction of sp³-hybridized carbons (Fsp3) is 0.346. The number of carbonyl (C=O) groups is 1. The number of hydrogen-bond donors (Lipinski definition) is 2. The second-order valence-electron chi connectivity index (χ2n) is 9.09. The molecule has 3 atom stereocenters. The van der Waals surface area contributed by atoms with Crippen molar-refractivity contribution in [1.29, 1.82) is 0 Å². The van der Waals surface area contributed by atoms with E-state index in [-0.39, 0.29) is 6.61 Å². The van der Waals surface area contributed by atoms with Crippen LogP contribution in [0.4, 0.5) is 13.2 Å². The van der Waals surface area contributed by atoms with Crippen molar-refractivity contribution in [3.8, 4) is 0 Å². The van der Waals surface area contributed by atoms with Gasteiger partial charge in [-0.1, -0.05) is 36.4 Å². The number of nitrogens with zero attached hydrogens (tertiary/aromatic N) is 3. The van der Waals surface area contributed by atoms with Crippen LogP contribution in [-0.4, -0.2) is 63.1 Å². The third kappa shape index (κ3) is 4.39. The quantitative estimate of drug-likeness (QED) is 0.601. The molecule has 7 nitrogen and oxygen atoms in total. The maximum atomic E-state index is 13.9. The number of fused-ring (bicyclic) bond motifs is 3. The maximum Gasteiger partial charge on any atom is 0.408 e. The maximum absolute atomic E-state index is 13.9. The molecule has 1 saturated heterocycles. The summed E-state index contributed by atoms with van der Waals surface area (Å²) >= 11 is 1.62. The average molecular weight is 534 g/mol. The van der Waals surface area contributed by atoms with E-state index >= 15 is 0 Å². The molecule has 0 aromatic heterocycles. The van der Waals surface area contributed by atoms with Gasteiger partial charge in [0.25, 0.3) is 5.91 Å². The van der Waals surface area contributed by atoms with Gasteiger partial charge in [-0.15, -0.1) is 11.8 Å². The molecule has 1 fully saturated rings. The molecule has 37 heavy (non-hydrogen) atoms. The number of thioether (sulfide) groups is 1. The van der Waals surface area contributed by atoms with Gasteiger partial charge in [0.1, 0.15) is 12.1 Å². The molecule has 5 rings (SSSR count). The Morgan fingerprint density at radius 3 is 2.68 bits per heavy atom. The molecule has 3 aliphatic rings. The molecular weight excluding hydrogens is 507 g/mol. The molecule has 2 aromatic carbocycles. The number of ether oxygens (including phenoxy) is 1. The van der Waals surface area contributed by atoms with E-state index < -0.39 is 48.4 Å². The lowest BCUT2D eigenvalue weighted by Gasteiger charge is -2.50. The van der Waals surface area contributed by atoms with Crippen molar-refractivity contribution < 1.29 is 32.9 Å². The summed E-state index contributed by atoms with van der Waals surface area (Å²) in [7, 11) is 1.58. The van der Waals surface area contributed by atoms with Gasteiger partial charge in [-0.05, 0) is 41.3 Å². The van der Waals surface area contributed by atoms with Gasteiger partial charge in [-0.25, -0.2) is 0 Å². The zero-order valence-corrected chi connectivity index (χ0v) is 21.0. The van der Waals surface area contributed by atoms with E-state index in [1.165, 1.54) is 17.3 Å². The van der Waals surface area contributed by atoms with Crippen molar-refractivity contribution >= 4 is 17.7 Å². The van der Waals surface area contributed by atoms with E-state index in [0.717, 1.165) is 34.1 Å². The van der Waals surface area contributed by atoms with Crippen molar-refractivity contribution in [1.82, 2.24) is 14.9 Å². The van der Waals surface area contributed by atoms with Crippen LogP contribution in [0.2, 0.25) is 0 Å². The van der Waals surface area contributed by atoms with Gasteiger partial charge >= 0.3 is 6.18 Å². The lowest BCUT2D eigenvalue weighted by Crippen LogP contribution is -2.62. The van der Waals surface area contributed by atoms with E-state index in [1.54, 1.807) is 23.9 Å². The number of benzene rings is 2. The molecule has 1 unspecified atom stereocenters.